The first kappa shape index (κ1) is 16.0. The Morgan fingerprint density at radius 1 is 1.44 bits per heavy atom. The van der Waals surface area contributed by atoms with Gasteiger partial charge >= 0.3 is 0 Å². The van der Waals surface area contributed by atoms with E-state index in [1.54, 1.807) is 12.1 Å². The molecule has 1 aromatic carbocycles. The standard InChI is InChI=1S/C10H12ClIN2O.ClH/c1-13-4-5-14-10(15)8-6-7(11)2-3-9(8)12;/h2-3,6,13H,4-5H2,1H3,(H,14,15);1H. The van der Waals surface area contributed by atoms with Crippen LogP contribution in [0.3, 0.4) is 0 Å². The van der Waals surface area contributed by atoms with E-state index in [1.165, 1.54) is 0 Å². The van der Waals surface area contributed by atoms with E-state index in [9.17, 15) is 4.79 Å². The molecule has 0 aliphatic carbocycles. The molecule has 90 valence electrons. The van der Waals surface area contributed by atoms with Gasteiger partial charge in [-0.15, -0.1) is 12.4 Å². The second-order valence-electron chi connectivity index (χ2n) is 2.98. The van der Waals surface area contributed by atoms with Crippen LogP contribution in [0.4, 0.5) is 0 Å². The van der Waals surface area contributed by atoms with Crippen LogP contribution >= 0.6 is 46.6 Å². The quantitative estimate of drug-likeness (QED) is 0.627. The van der Waals surface area contributed by atoms with Crippen molar-refractivity contribution < 1.29 is 4.79 Å². The molecule has 0 saturated heterocycles. The summed E-state index contributed by atoms with van der Waals surface area (Å²) in [5.74, 6) is -0.0860. The lowest BCUT2D eigenvalue weighted by Gasteiger charge is -2.06. The monoisotopic (exact) mass is 374 g/mol. The van der Waals surface area contributed by atoms with Gasteiger partial charge in [-0.25, -0.2) is 0 Å². The summed E-state index contributed by atoms with van der Waals surface area (Å²) in [5.41, 5.74) is 0.624. The lowest BCUT2D eigenvalue weighted by atomic mass is 10.2. The third-order valence-electron chi connectivity index (χ3n) is 1.83. The Bertz CT molecular complexity index is 361. The average molecular weight is 375 g/mol. The Morgan fingerprint density at radius 3 is 2.75 bits per heavy atom. The zero-order valence-corrected chi connectivity index (χ0v) is 12.4. The molecule has 2 N–H and O–H groups in total. The SMILES string of the molecule is CNCCNC(=O)c1cc(Cl)ccc1I.Cl. The minimum absolute atomic E-state index is 0. The van der Waals surface area contributed by atoms with E-state index in [-0.39, 0.29) is 18.3 Å². The number of amides is 1. The second kappa shape index (κ2) is 8.11. The lowest BCUT2D eigenvalue weighted by Crippen LogP contribution is -2.30. The molecule has 0 aromatic heterocycles. The molecule has 0 aliphatic heterocycles. The molecule has 0 unspecified atom stereocenters. The van der Waals surface area contributed by atoms with Crippen molar-refractivity contribution in [1.82, 2.24) is 10.6 Å². The van der Waals surface area contributed by atoms with E-state index in [4.69, 9.17) is 11.6 Å². The highest BCUT2D eigenvalue weighted by molar-refractivity contribution is 14.1. The van der Waals surface area contributed by atoms with Crippen molar-refractivity contribution in [3.05, 3.63) is 32.4 Å². The van der Waals surface area contributed by atoms with Crippen LogP contribution in [0.25, 0.3) is 0 Å². The van der Waals surface area contributed by atoms with Crippen LogP contribution in [-0.2, 0) is 0 Å². The third kappa shape index (κ3) is 4.86. The van der Waals surface area contributed by atoms with Crippen molar-refractivity contribution in [3.8, 4) is 0 Å². The molecule has 1 rings (SSSR count). The van der Waals surface area contributed by atoms with Crippen LogP contribution in [0.1, 0.15) is 10.4 Å². The van der Waals surface area contributed by atoms with Crippen molar-refractivity contribution in [1.29, 1.82) is 0 Å². The van der Waals surface area contributed by atoms with Crippen LogP contribution in [0.5, 0.6) is 0 Å². The highest BCUT2D eigenvalue weighted by Crippen LogP contribution is 2.17. The lowest BCUT2D eigenvalue weighted by molar-refractivity contribution is 0.0953. The van der Waals surface area contributed by atoms with E-state index in [0.29, 0.717) is 17.1 Å². The summed E-state index contributed by atoms with van der Waals surface area (Å²) in [6.07, 6.45) is 0. The van der Waals surface area contributed by atoms with Gasteiger partial charge in [0.15, 0.2) is 0 Å². The summed E-state index contributed by atoms with van der Waals surface area (Å²) >= 11 is 7.94. The molecule has 0 bridgehead atoms. The van der Waals surface area contributed by atoms with Crippen LogP contribution < -0.4 is 10.6 Å². The fourth-order valence-electron chi connectivity index (χ4n) is 1.07. The van der Waals surface area contributed by atoms with Gasteiger partial charge in [-0.3, -0.25) is 4.79 Å². The minimum atomic E-state index is -0.0860. The number of hydrogen-bond acceptors (Lipinski definition) is 2. The maximum absolute atomic E-state index is 11.7. The van der Waals surface area contributed by atoms with Gasteiger partial charge in [-0.1, -0.05) is 11.6 Å². The van der Waals surface area contributed by atoms with Gasteiger partial charge < -0.3 is 10.6 Å². The number of carbonyl (C=O) groups is 1. The maximum atomic E-state index is 11.7. The van der Waals surface area contributed by atoms with Crippen molar-refractivity contribution >= 4 is 52.5 Å². The van der Waals surface area contributed by atoms with E-state index in [1.807, 2.05) is 13.1 Å². The molecule has 0 aliphatic rings. The van der Waals surface area contributed by atoms with Crippen LogP contribution in [0.2, 0.25) is 5.02 Å². The van der Waals surface area contributed by atoms with E-state index in [0.717, 1.165) is 10.1 Å². The predicted molar refractivity (Wildman–Crippen MR) is 77.7 cm³/mol. The molecule has 1 amide bonds. The van der Waals surface area contributed by atoms with Crippen LogP contribution in [0.15, 0.2) is 18.2 Å². The van der Waals surface area contributed by atoms with Crippen LogP contribution in [0, 0.1) is 3.57 Å². The molecule has 0 heterocycles. The number of halogens is 3. The molecular formula is C10H13Cl2IN2O. The predicted octanol–water partition coefficient (Wildman–Crippen LogP) is 2.32. The Hall–Kier alpha value is -0.0400. The van der Waals surface area contributed by atoms with Gasteiger partial charge in [0.25, 0.3) is 5.91 Å². The summed E-state index contributed by atoms with van der Waals surface area (Å²) in [6.45, 7) is 1.36. The first-order valence-electron chi connectivity index (χ1n) is 4.53. The number of nitrogens with one attached hydrogen (secondary N) is 2. The fraction of sp³-hybridized carbons (Fsp3) is 0.300. The van der Waals surface area contributed by atoms with Crippen LogP contribution in [-0.4, -0.2) is 26.0 Å². The zero-order valence-electron chi connectivity index (χ0n) is 8.72. The topological polar surface area (TPSA) is 41.1 Å². The second-order valence-corrected chi connectivity index (χ2v) is 4.58. The smallest absolute Gasteiger partial charge is 0.252 e. The van der Waals surface area contributed by atoms with E-state index < -0.39 is 0 Å². The van der Waals surface area contributed by atoms with Gasteiger partial charge in [0.1, 0.15) is 0 Å². The highest BCUT2D eigenvalue weighted by atomic mass is 127. The maximum Gasteiger partial charge on any atom is 0.252 e. The van der Waals surface area contributed by atoms with Crippen molar-refractivity contribution in [2.24, 2.45) is 0 Å². The average Bonchev–Trinajstić information content (AvgIpc) is 2.22. The summed E-state index contributed by atoms with van der Waals surface area (Å²) in [4.78, 5) is 11.7. The minimum Gasteiger partial charge on any atom is -0.351 e. The number of rotatable bonds is 4. The first-order chi connectivity index (χ1) is 7.15. The molecule has 16 heavy (non-hydrogen) atoms. The third-order valence-corrected chi connectivity index (χ3v) is 3.01. The molecule has 1 aromatic rings. The normalized spacial score (nSPS) is 9.44. The van der Waals surface area contributed by atoms with E-state index in [2.05, 4.69) is 33.2 Å². The number of likely N-dealkylation sites (N-methyl/N-ethyl adjacent to an activating group) is 1. The number of benzene rings is 1. The Labute approximate surface area is 120 Å². The van der Waals surface area contributed by atoms with Crippen molar-refractivity contribution in [3.63, 3.8) is 0 Å². The molecular weight excluding hydrogens is 362 g/mol. The molecule has 3 nitrogen and oxygen atoms in total. The number of carbonyl (C=O) groups excluding carboxylic acids is 1. The van der Waals surface area contributed by atoms with Gasteiger partial charge in [0, 0.05) is 21.7 Å². The summed E-state index contributed by atoms with van der Waals surface area (Å²) in [5, 5.41) is 6.34. The van der Waals surface area contributed by atoms with Gasteiger partial charge in [-0.05, 0) is 47.8 Å². The molecule has 0 radical (unpaired) electrons. The van der Waals surface area contributed by atoms with Gasteiger partial charge in [0.05, 0.1) is 5.56 Å². The molecule has 0 atom stereocenters. The Balaban J connectivity index is 0.00000225. The Morgan fingerprint density at radius 2 is 2.12 bits per heavy atom. The first-order valence-corrected chi connectivity index (χ1v) is 5.98. The molecule has 6 heteroatoms. The zero-order chi connectivity index (χ0) is 11.3. The summed E-state index contributed by atoms with van der Waals surface area (Å²) in [6, 6.07) is 5.28. The molecule has 0 saturated carbocycles. The fourth-order valence-corrected chi connectivity index (χ4v) is 1.82. The summed E-state index contributed by atoms with van der Waals surface area (Å²) < 4.78 is 0.902. The highest BCUT2D eigenvalue weighted by Gasteiger charge is 2.09. The van der Waals surface area contributed by atoms with Crippen molar-refractivity contribution in [2.75, 3.05) is 20.1 Å². The largest absolute Gasteiger partial charge is 0.351 e. The van der Waals surface area contributed by atoms with Gasteiger partial charge in [0.2, 0.25) is 0 Å². The Kier molecular flexibility index (Phi) is 8.09. The number of hydrogen-bond donors (Lipinski definition) is 2. The van der Waals surface area contributed by atoms with E-state index >= 15 is 0 Å². The van der Waals surface area contributed by atoms with Gasteiger partial charge in [-0.2, -0.15) is 0 Å². The molecule has 0 spiro atoms. The molecule has 0 fully saturated rings. The summed E-state index contributed by atoms with van der Waals surface area (Å²) in [7, 11) is 1.84. The van der Waals surface area contributed by atoms with Crippen molar-refractivity contribution in [2.45, 2.75) is 0 Å².